The van der Waals surface area contributed by atoms with Crippen LogP contribution in [0.25, 0.3) is 0 Å². The molecule has 0 aliphatic heterocycles. The molecule has 0 bridgehead atoms. The highest BCUT2D eigenvalue weighted by Crippen LogP contribution is 2.24. The monoisotopic (exact) mass is 349 g/mol. The number of hydrogen-bond acceptors (Lipinski definition) is 2. The van der Waals surface area contributed by atoms with Crippen molar-refractivity contribution >= 4 is 21.8 Å². The number of ether oxygens (including phenoxy) is 1. The minimum atomic E-state index is -2.95. The molecule has 0 radical (unpaired) electrons. The van der Waals surface area contributed by atoms with E-state index in [2.05, 4.69) is 32.9 Å². The Morgan fingerprint density at radius 2 is 2.10 bits per heavy atom. The number of unbranched alkanes of at least 4 members (excludes halogenated alkanes) is 3. The summed E-state index contributed by atoms with van der Waals surface area (Å²) < 4.78 is 29.6. The fourth-order valence-corrected chi connectivity index (χ4v) is 2.09. The Kier molecular flexibility index (Phi) is 7.51. The van der Waals surface area contributed by atoms with Crippen molar-refractivity contribution in [3.8, 4) is 5.75 Å². The van der Waals surface area contributed by atoms with Gasteiger partial charge in [-0.1, -0.05) is 42.1 Å². The molecule has 0 heterocycles. The Balaban J connectivity index is 2.63. The first kappa shape index (κ1) is 16.9. The van der Waals surface area contributed by atoms with Gasteiger partial charge in [0.1, 0.15) is 5.75 Å². The van der Waals surface area contributed by atoms with Gasteiger partial charge in [-0.3, -0.25) is 4.79 Å². The lowest BCUT2D eigenvalue weighted by Gasteiger charge is -2.11. The lowest BCUT2D eigenvalue weighted by Crippen LogP contribution is -2.25. The molecule has 0 spiro atoms. The molecule has 0 saturated heterocycles. The van der Waals surface area contributed by atoms with E-state index in [9.17, 15) is 13.6 Å². The molecule has 3 nitrogen and oxygen atoms in total. The summed E-state index contributed by atoms with van der Waals surface area (Å²) in [5.74, 6) is -0.521. The topological polar surface area (TPSA) is 38.3 Å². The standard InChI is InChI=1S/C14H18BrF2NO2/c1-2-3-4-5-8-18-13(19)11-9-10(15)6-7-12(11)20-14(16)17/h6-7,9,14H,2-5,8H2,1H3,(H,18,19). The summed E-state index contributed by atoms with van der Waals surface area (Å²) >= 11 is 3.21. The van der Waals surface area contributed by atoms with Crippen molar-refractivity contribution in [1.29, 1.82) is 0 Å². The second-order valence-corrected chi connectivity index (χ2v) is 5.25. The molecule has 0 aliphatic carbocycles. The van der Waals surface area contributed by atoms with Crippen LogP contribution in [0.15, 0.2) is 22.7 Å². The zero-order chi connectivity index (χ0) is 15.0. The number of hydrogen-bond donors (Lipinski definition) is 1. The van der Waals surface area contributed by atoms with Gasteiger partial charge in [-0.05, 0) is 24.6 Å². The molecule has 0 aromatic heterocycles. The Labute approximate surface area is 125 Å². The van der Waals surface area contributed by atoms with Crippen molar-refractivity contribution in [1.82, 2.24) is 5.32 Å². The second-order valence-electron chi connectivity index (χ2n) is 4.34. The van der Waals surface area contributed by atoms with Gasteiger partial charge >= 0.3 is 6.61 Å². The highest BCUT2D eigenvalue weighted by Gasteiger charge is 2.15. The molecule has 1 N–H and O–H groups in total. The minimum Gasteiger partial charge on any atom is -0.434 e. The van der Waals surface area contributed by atoms with Gasteiger partial charge in [0.25, 0.3) is 5.91 Å². The van der Waals surface area contributed by atoms with Gasteiger partial charge in [0.15, 0.2) is 0 Å². The number of halogens is 3. The van der Waals surface area contributed by atoms with Crippen LogP contribution >= 0.6 is 15.9 Å². The van der Waals surface area contributed by atoms with Gasteiger partial charge in [0.05, 0.1) is 5.56 Å². The van der Waals surface area contributed by atoms with E-state index in [1.807, 2.05) is 0 Å². The molecule has 112 valence electrons. The Morgan fingerprint density at radius 3 is 2.75 bits per heavy atom. The number of rotatable bonds is 8. The summed E-state index contributed by atoms with van der Waals surface area (Å²) in [7, 11) is 0. The predicted octanol–water partition coefficient (Wildman–Crippen LogP) is 4.36. The van der Waals surface area contributed by atoms with E-state index in [0.29, 0.717) is 11.0 Å². The average Bonchev–Trinajstić information content (AvgIpc) is 2.40. The van der Waals surface area contributed by atoms with Crippen LogP contribution < -0.4 is 10.1 Å². The van der Waals surface area contributed by atoms with Crippen molar-refractivity contribution in [3.63, 3.8) is 0 Å². The molecular weight excluding hydrogens is 332 g/mol. The van der Waals surface area contributed by atoms with E-state index in [1.54, 1.807) is 6.07 Å². The summed E-state index contributed by atoms with van der Waals surface area (Å²) in [4.78, 5) is 12.0. The third-order valence-electron chi connectivity index (χ3n) is 2.72. The minimum absolute atomic E-state index is 0.107. The molecule has 1 aromatic rings. The molecule has 0 unspecified atom stereocenters. The number of carbonyl (C=O) groups excluding carboxylic acids is 1. The smallest absolute Gasteiger partial charge is 0.387 e. The molecule has 0 fully saturated rings. The number of carbonyl (C=O) groups is 1. The lowest BCUT2D eigenvalue weighted by atomic mass is 10.1. The van der Waals surface area contributed by atoms with Gasteiger partial charge in [-0.15, -0.1) is 0 Å². The van der Waals surface area contributed by atoms with E-state index >= 15 is 0 Å². The van der Waals surface area contributed by atoms with Crippen LogP contribution in [0.4, 0.5) is 8.78 Å². The normalized spacial score (nSPS) is 10.7. The number of alkyl halides is 2. The molecule has 1 aromatic carbocycles. The van der Waals surface area contributed by atoms with Gasteiger partial charge in [-0.2, -0.15) is 8.78 Å². The van der Waals surface area contributed by atoms with Gasteiger partial charge in [0.2, 0.25) is 0 Å². The number of amides is 1. The maximum atomic E-state index is 12.3. The first-order chi connectivity index (χ1) is 9.54. The third kappa shape index (κ3) is 5.86. The summed E-state index contributed by atoms with van der Waals surface area (Å²) in [5, 5.41) is 2.71. The van der Waals surface area contributed by atoms with Gasteiger partial charge in [-0.25, -0.2) is 0 Å². The first-order valence-corrected chi connectivity index (χ1v) is 7.36. The molecule has 0 saturated carbocycles. The van der Waals surface area contributed by atoms with Crippen LogP contribution in [-0.4, -0.2) is 19.1 Å². The average molecular weight is 350 g/mol. The van der Waals surface area contributed by atoms with Crippen molar-refractivity contribution in [2.24, 2.45) is 0 Å². The highest BCUT2D eigenvalue weighted by atomic mass is 79.9. The molecular formula is C14H18BrF2NO2. The maximum Gasteiger partial charge on any atom is 0.387 e. The van der Waals surface area contributed by atoms with E-state index in [1.165, 1.54) is 12.1 Å². The second kappa shape index (κ2) is 8.89. The van der Waals surface area contributed by atoms with Gasteiger partial charge < -0.3 is 10.1 Å². The molecule has 6 heteroatoms. The Morgan fingerprint density at radius 1 is 1.35 bits per heavy atom. The Bertz CT molecular complexity index is 441. The summed E-state index contributed by atoms with van der Waals surface area (Å²) in [5.41, 5.74) is 0.107. The Hall–Kier alpha value is -1.17. The van der Waals surface area contributed by atoms with Crippen molar-refractivity contribution in [3.05, 3.63) is 28.2 Å². The fourth-order valence-electron chi connectivity index (χ4n) is 1.73. The van der Waals surface area contributed by atoms with Crippen molar-refractivity contribution < 1.29 is 18.3 Å². The van der Waals surface area contributed by atoms with Crippen LogP contribution in [0.1, 0.15) is 43.0 Å². The molecule has 20 heavy (non-hydrogen) atoms. The number of nitrogens with one attached hydrogen (secondary N) is 1. The third-order valence-corrected chi connectivity index (χ3v) is 3.21. The SMILES string of the molecule is CCCCCCNC(=O)c1cc(Br)ccc1OC(F)F. The molecule has 1 amide bonds. The summed E-state index contributed by atoms with van der Waals surface area (Å²) in [6.45, 7) is -0.319. The van der Waals surface area contributed by atoms with Crippen molar-refractivity contribution in [2.45, 2.75) is 39.2 Å². The molecule has 0 atom stereocenters. The van der Waals surface area contributed by atoms with Crippen LogP contribution in [0.5, 0.6) is 5.75 Å². The fraction of sp³-hybridized carbons (Fsp3) is 0.500. The summed E-state index contributed by atoms with van der Waals surface area (Å²) in [6.07, 6.45) is 4.15. The molecule has 0 aliphatic rings. The maximum absolute atomic E-state index is 12.3. The van der Waals surface area contributed by atoms with Gasteiger partial charge in [0, 0.05) is 11.0 Å². The van der Waals surface area contributed by atoms with Crippen LogP contribution in [-0.2, 0) is 0 Å². The van der Waals surface area contributed by atoms with E-state index in [0.717, 1.165) is 25.7 Å². The predicted molar refractivity (Wildman–Crippen MR) is 77.2 cm³/mol. The van der Waals surface area contributed by atoms with E-state index in [4.69, 9.17) is 0 Å². The quantitative estimate of drug-likeness (QED) is 0.708. The number of benzene rings is 1. The van der Waals surface area contributed by atoms with Crippen LogP contribution in [0.2, 0.25) is 0 Å². The van der Waals surface area contributed by atoms with Crippen LogP contribution in [0.3, 0.4) is 0 Å². The van der Waals surface area contributed by atoms with Crippen molar-refractivity contribution in [2.75, 3.05) is 6.54 Å². The zero-order valence-corrected chi connectivity index (χ0v) is 12.9. The first-order valence-electron chi connectivity index (χ1n) is 6.57. The lowest BCUT2D eigenvalue weighted by molar-refractivity contribution is -0.0501. The highest BCUT2D eigenvalue weighted by molar-refractivity contribution is 9.10. The van der Waals surface area contributed by atoms with E-state index in [-0.39, 0.29) is 11.3 Å². The largest absolute Gasteiger partial charge is 0.434 e. The summed E-state index contributed by atoms with van der Waals surface area (Å²) in [6, 6.07) is 4.37. The zero-order valence-electron chi connectivity index (χ0n) is 11.3. The van der Waals surface area contributed by atoms with Crippen LogP contribution in [0, 0.1) is 0 Å². The molecule has 1 rings (SSSR count). The van der Waals surface area contributed by atoms with E-state index < -0.39 is 12.5 Å².